The highest BCUT2D eigenvalue weighted by molar-refractivity contribution is 6.10. The minimum absolute atomic E-state index is 0.0393. The Morgan fingerprint density at radius 3 is 2.51 bits per heavy atom. The van der Waals surface area contributed by atoms with E-state index in [1.165, 1.54) is 11.8 Å². The molecule has 1 aliphatic rings. The summed E-state index contributed by atoms with van der Waals surface area (Å²) < 4.78 is 0. The average Bonchev–Trinajstić information content (AvgIpc) is 3.23. The van der Waals surface area contributed by atoms with Crippen molar-refractivity contribution in [3.63, 3.8) is 0 Å². The fourth-order valence-corrected chi connectivity index (χ4v) is 4.14. The van der Waals surface area contributed by atoms with Crippen molar-refractivity contribution in [1.29, 1.82) is 0 Å². The van der Waals surface area contributed by atoms with Crippen LogP contribution in [0.4, 0.5) is 17.2 Å². The van der Waals surface area contributed by atoms with E-state index in [1.807, 2.05) is 30.3 Å². The van der Waals surface area contributed by atoms with Gasteiger partial charge >= 0.3 is 0 Å². The third kappa shape index (κ3) is 4.51. The van der Waals surface area contributed by atoms with E-state index in [9.17, 15) is 14.4 Å². The van der Waals surface area contributed by atoms with Crippen molar-refractivity contribution in [2.45, 2.75) is 13.5 Å². The fourth-order valence-electron chi connectivity index (χ4n) is 4.14. The van der Waals surface area contributed by atoms with Crippen molar-refractivity contribution >= 4 is 34.8 Å². The van der Waals surface area contributed by atoms with Crippen LogP contribution in [0.3, 0.4) is 0 Å². The number of nitrogens with one attached hydrogen (secondary N) is 3. The van der Waals surface area contributed by atoms with Crippen LogP contribution in [0.15, 0.2) is 73.2 Å². The molecule has 9 nitrogen and oxygen atoms in total. The molecule has 0 spiro atoms. The highest BCUT2D eigenvalue weighted by Crippen LogP contribution is 2.38. The molecule has 0 aliphatic carbocycles. The second-order valence-electron chi connectivity index (χ2n) is 8.15. The predicted molar refractivity (Wildman–Crippen MR) is 131 cm³/mol. The van der Waals surface area contributed by atoms with Gasteiger partial charge in [0.25, 0.3) is 5.91 Å². The molecule has 2 amide bonds. The fraction of sp³-hybridized carbons (Fsp3) is 0.115. The number of para-hydroxylation sites is 1. The van der Waals surface area contributed by atoms with Gasteiger partial charge in [-0.1, -0.05) is 18.2 Å². The number of pyridine rings is 2. The van der Waals surface area contributed by atoms with Crippen LogP contribution in [0, 0.1) is 0 Å². The summed E-state index contributed by atoms with van der Waals surface area (Å²) in [5.74, 6) is -0.250. The van der Waals surface area contributed by atoms with E-state index in [4.69, 9.17) is 0 Å². The molecule has 0 radical (unpaired) electrons. The lowest BCUT2D eigenvalue weighted by atomic mass is 10.0. The van der Waals surface area contributed by atoms with Crippen LogP contribution in [0.2, 0.25) is 0 Å². The zero-order valence-corrected chi connectivity index (χ0v) is 18.9. The Kier molecular flexibility index (Phi) is 5.80. The number of ketones is 1. The van der Waals surface area contributed by atoms with Crippen molar-refractivity contribution in [2.75, 3.05) is 17.2 Å². The number of hydrogen-bond donors (Lipinski definition) is 3. The van der Waals surface area contributed by atoms with Gasteiger partial charge in [-0.05, 0) is 36.4 Å². The molecule has 3 N–H and O–H groups in total. The van der Waals surface area contributed by atoms with Crippen LogP contribution in [0.5, 0.6) is 0 Å². The van der Waals surface area contributed by atoms with Crippen LogP contribution in [-0.2, 0) is 11.3 Å². The second kappa shape index (κ2) is 9.22. The van der Waals surface area contributed by atoms with Gasteiger partial charge in [0.05, 0.1) is 30.0 Å². The van der Waals surface area contributed by atoms with Crippen molar-refractivity contribution in [1.82, 2.24) is 19.9 Å². The monoisotopic (exact) mass is 466 g/mol. The van der Waals surface area contributed by atoms with Crippen molar-refractivity contribution in [3.8, 4) is 11.3 Å². The molecule has 174 valence electrons. The number of H-pyrrole nitrogens is 1. The number of aromatic amines is 1. The molecule has 0 bridgehead atoms. The van der Waals surface area contributed by atoms with Gasteiger partial charge in [0.2, 0.25) is 5.91 Å². The van der Waals surface area contributed by atoms with Gasteiger partial charge in [-0.15, -0.1) is 0 Å². The number of amides is 2. The topological polar surface area (TPSA) is 120 Å². The van der Waals surface area contributed by atoms with E-state index >= 15 is 0 Å². The largest absolute Gasteiger partial charge is 0.355 e. The zero-order chi connectivity index (χ0) is 24.4. The number of fused-ring (bicyclic) bond motifs is 1. The maximum absolute atomic E-state index is 13.4. The summed E-state index contributed by atoms with van der Waals surface area (Å²) in [6.45, 7) is 1.62. The lowest BCUT2D eigenvalue weighted by Crippen LogP contribution is -2.39. The third-order valence-corrected chi connectivity index (χ3v) is 5.65. The summed E-state index contributed by atoms with van der Waals surface area (Å²) in [7, 11) is 0. The number of Topliss-reactive ketones (excluding diaryl/α,β-unsaturated/α-hetero) is 1. The van der Waals surface area contributed by atoms with Gasteiger partial charge in [0.1, 0.15) is 5.82 Å². The maximum Gasteiger partial charge on any atom is 0.254 e. The van der Waals surface area contributed by atoms with Crippen LogP contribution in [-0.4, -0.2) is 44.0 Å². The van der Waals surface area contributed by atoms with E-state index in [0.717, 1.165) is 11.3 Å². The van der Waals surface area contributed by atoms with Gasteiger partial charge in [-0.25, -0.2) is 4.98 Å². The third-order valence-electron chi connectivity index (χ3n) is 5.65. The van der Waals surface area contributed by atoms with Crippen LogP contribution < -0.4 is 10.6 Å². The summed E-state index contributed by atoms with van der Waals surface area (Å²) in [5, 5.41) is 6.06. The van der Waals surface area contributed by atoms with Gasteiger partial charge in [-0.3, -0.25) is 19.4 Å². The van der Waals surface area contributed by atoms with Gasteiger partial charge in [0, 0.05) is 48.0 Å². The summed E-state index contributed by atoms with van der Waals surface area (Å²) in [4.78, 5) is 50.9. The van der Waals surface area contributed by atoms with E-state index in [0.29, 0.717) is 34.0 Å². The Hall–Kier alpha value is -4.79. The Bertz CT molecular complexity index is 1420. The van der Waals surface area contributed by atoms with E-state index in [-0.39, 0.29) is 30.7 Å². The van der Waals surface area contributed by atoms with Gasteiger partial charge in [-0.2, -0.15) is 0 Å². The van der Waals surface area contributed by atoms with E-state index in [2.05, 4.69) is 25.6 Å². The molecular formula is C26H22N6O3. The molecule has 1 aliphatic heterocycles. The first kappa shape index (κ1) is 22.0. The highest BCUT2D eigenvalue weighted by Gasteiger charge is 2.33. The standard InChI is InChI=1S/C26H22N6O3/c1-16(33)29-22-13-18(9-12-28-22)24-25(30-19-5-3-2-4-6-19)23-20(31-24)14-32(15-21(23)34)26(35)17-7-10-27-11-8-17/h2-13,30-31H,14-15H2,1H3,(H,28,29,33). The quantitative estimate of drug-likeness (QED) is 0.409. The first-order valence-electron chi connectivity index (χ1n) is 11.0. The summed E-state index contributed by atoms with van der Waals surface area (Å²) in [6, 6.07) is 16.3. The van der Waals surface area contributed by atoms with Crippen molar-refractivity contribution in [3.05, 3.63) is 90.0 Å². The number of carbonyl (C=O) groups is 3. The number of rotatable bonds is 5. The number of nitrogens with zero attached hydrogens (tertiary/aromatic N) is 3. The molecule has 35 heavy (non-hydrogen) atoms. The summed E-state index contributed by atoms with van der Waals surface area (Å²) in [6.07, 6.45) is 4.69. The molecule has 0 atom stereocenters. The van der Waals surface area contributed by atoms with Crippen molar-refractivity contribution in [2.24, 2.45) is 0 Å². The molecule has 9 heteroatoms. The Morgan fingerprint density at radius 1 is 1.00 bits per heavy atom. The Morgan fingerprint density at radius 2 is 1.77 bits per heavy atom. The number of aromatic nitrogens is 3. The molecule has 4 heterocycles. The molecule has 0 fully saturated rings. The first-order valence-corrected chi connectivity index (χ1v) is 11.0. The normalized spacial score (nSPS) is 12.7. The first-order chi connectivity index (χ1) is 17.0. The predicted octanol–water partition coefficient (Wildman–Crippen LogP) is 4.01. The number of anilines is 3. The van der Waals surface area contributed by atoms with Crippen LogP contribution >= 0.6 is 0 Å². The molecule has 0 saturated carbocycles. The molecule has 5 rings (SSSR count). The van der Waals surface area contributed by atoms with E-state index < -0.39 is 0 Å². The minimum Gasteiger partial charge on any atom is -0.355 e. The lowest BCUT2D eigenvalue weighted by molar-refractivity contribution is -0.114. The Balaban J connectivity index is 1.57. The smallest absolute Gasteiger partial charge is 0.254 e. The molecule has 0 unspecified atom stereocenters. The summed E-state index contributed by atoms with van der Waals surface area (Å²) >= 11 is 0. The second-order valence-corrected chi connectivity index (χ2v) is 8.15. The molecule has 1 aromatic carbocycles. The van der Waals surface area contributed by atoms with Crippen LogP contribution in [0.25, 0.3) is 11.3 Å². The molecular weight excluding hydrogens is 444 g/mol. The van der Waals surface area contributed by atoms with Gasteiger partial charge in [0.15, 0.2) is 5.78 Å². The molecule has 4 aromatic rings. The maximum atomic E-state index is 13.4. The lowest BCUT2D eigenvalue weighted by Gasteiger charge is -2.26. The highest BCUT2D eigenvalue weighted by atomic mass is 16.2. The van der Waals surface area contributed by atoms with Crippen molar-refractivity contribution < 1.29 is 14.4 Å². The average molecular weight is 467 g/mol. The zero-order valence-electron chi connectivity index (χ0n) is 18.9. The molecule has 3 aromatic heterocycles. The number of hydrogen-bond acceptors (Lipinski definition) is 6. The summed E-state index contributed by atoms with van der Waals surface area (Å²) in [5.41, 5.74) is 4.45. The Labute approximate surface area is 201 Å². The van der Waals surface area contributed by atoms with Gasteiger partial charge < -0.3 is 20.5 Å². The molecule has 0 saturated heterocycles. The number of carbonyl (C=O) groups excluding carboxylic acids is 3. The van der Waals surface area contributed by atoms with Crippen LogP contribution in [0.1, 0.15) is 33.3 Å². The minimum atomic E-state index is -0.239. The SMILES string of the molecule is CC(=O)Nc1cc(-c2[nH]c3c(c2Nc2ccccc2)C(=O)CN(C(=O)c2ccncc2)C3)ccn1. The number of benzene rings is 1. The van der Waals surface area contributed by atoms with E-state index in [1.54, 1.807) is 42.9 Å².